The lowest BCUT2D eigenvalue weighted by molar-refractivity contribution is -0.255. The van der Waals surface area contributed by atoms with E-state index in [1.54, 1.807) is 6.07 Å². The van der Waals surface area contributed by atoms with Crippen LogP contribution in [0.1, 0.15) is 49.4 Å². The zero-order valence-electron chi connectivity index (χ0n) is 12.1. The van der Waals surface area contributed by atoms with Crippen LogP contribution in [0.15, 0.2) is 18.2 Å². The monoisotopic (exact) mass is 291 g/mol. The fourth-order valence-corrected chi connectivity index (χ4v) is 2.57. The van der Waals surface area contributed by atoms with Crippen LogP contribution in [0.25, 0.3) is 0 Å². The molecule has 0 aliphatic heterocycles. The van der Waals surface area contributed by atoms with Crippen molar-refractivity contribution >= 4 is 11.9 Å². The number of aromatic carboxylic acids is 1. The predicted octanol–water partition coefficient (Wildman–Crippen LogP) is 1.93. The molecular formula is C16H19O5-. The van der Waals surface area contributed by atoms with Crippen molar-refractivity contribution in [3.63, 3.8) is 0 Å². The predicted molar refractivity (Wildman–Crippen MR) is 74.2 cm³/mol. The Bertz CT molecular complexity index is 517. The number of carboxylic acids is 1. The Morgan fingerprint density at radius 3 is 2.57 bits per heavy atom. The smallest absolute Gasteiger partial charge is 0.308 e. The van der Waals surface area contributed by atoms with E-state index in [0.29, 0.717) is 18.3 Å². The van der Waals surface area contributed by atoms with Gasteiger partial charge in [-0.15, -0.1) is 0 Å². The van der Waals surface area contributed by atoms with Crippen molar-refractivity contribution in [3.05, 3.63) is 23.8 Å². The lowest BCUT2D eigenvalue weighted by Crippen LogP contribution is -2.23. The molecule has 2 rings (SSSR count). The molecule has 0 bridgehead atoms. The van der Waals surface area contributed by atoms with Gasteiger partial charge in [-0.25, -0.2) is 0 Å². The maximum absolute atomic E-state index is 11.0. The summed E-state index contributed by atoms with van der Waals surface area (Å²) in [4.78, 5) is 22.0. The van der Waals surface area contributed by atoms with E-state index in [2.05, 4.69) is 0 Å². The summed E-state index contributed by atoms with van der Waals surface area (Å²) in [5, 5.41) is 11.0. The maximum Gasteiger partial charge on any atom is 0.308 e. The highest BCUT2D eigenvalue weighted by atomic mass is 16.5. The third-order valence-corrected chi connectivity index (χ3v) is 3.64. The highest BCUT2D eigenvalue weighted by Crippen LogP contribution is 2.28. The van der Waals surface area contributed by atoms with Gasteiger partial charge in [0, 0.05) is 18.6 Å². The molecule has 1 aromatic rings. The van der Waals surface area contributed by atoms with E-state index in [1.807, 2.05) is 0 Å². The quantitative estimate of drug-likeness (QED) is 0.612. The summed E-state index contributed by atoms with van der Waals surface area (Å²) in [6.07, 6.45) is 6.07. The Labute approximate surface area is 123 Å². The molecule has 0 atom stereocenters. The molecular weight excluding hydrogens is 272 g/mol. The average Bonchev–Trinajstić information content (AvgIpc) is 2.45. The first-order valence-corrected chi connectivity index (χ1v) is 7.23. The molecule has 1 fully saturated rings. The maximum atomic E-state index is 11.0. The summed E-state index contributed by atoms with van der Waals surface area (Å²) in [5.74, 6) is -0.964. The molecule has 0 unspecified atom stereocenters. The minimum atomic E-state index is -1.38. The van der Waals surface area contributed by atoms with Gasteiger partial charge < -0.3 is 19.4 Å². The second-order valence-electron chi connectivity index (χ2n) is 5.35. The molecule has 1 aliphatic carbocycles. The van der Waals surface area contributed by atoms with Crippen molar-refractivity contribution in [3.8, 4) is 11.5 Å². The van der Waals surface area contributed by atoms with Gasteiger partial charge in [0.25, 0.3) is 0 Å². The first kappa shape index (κ1) is 15.4. The highest BCUT2D eigenvalue weighted by Gasteiger charge is 2.15. The molecule has 114 valence electrons. The lowest BCUT2D eigenvalue weighted by atomic mass is 9.90. The molecule has 1 aliphatic rings. The van der Waals surface area contributed by atoms with Crippen molar-refractivity contribution in [2.75, 3.05) is 6.61 Å². The van der Waals surface area contributed by atoms with E-state index in [4.69, 9.17) is 9.47 Å². The van der Waals surface area contributed by atoms with Gasteiger partial charge in [-0.1, -0.05) is 19.3 Å². The van der Waals surface area contributed by atoms with Crippen LogP contribution in [0.2, 0.25) is 0 Å². The standard InChI is InChI=1S/C16H20O5/c1-11(17)21-15-9-13(7-8-14(15)16(18)19)20-10-12-5-3-2-4-6-12/h7-9,12H,2-6,10H2,1H3,(H,18,19)/p-1. The number of ether oxygens (including phenoxy) is 2. The van der Waals surface area contributed by atoms with Crippen molar-refractivity contribution in [2.45, 2.75) is 39.0 Å². The van der Waals surface area contributed by atoms with Crippen molar-refractivity contribution in [2.24, 2.45) is 5.92 Å². The molecule has 5 heteroatoms. The molecule has 0 heterocycles. The topological polar surface area (TPSA) is 75.7 Å². The Morgan fingerprint density at radius 1 is 1.24 bits per heavy atom. The van der Waals surface area contributed by atoms with E-state index in [9.17, 15) is 14.7 Å². The normalized spacial score (nSPS) is 15.5. The van der Waals surface area contributed by atoms with Crippen LogP contribution in [-0.4, -0.2) is 18.5 Å². The van der Waals surface area contributed by atoms with Crippen LogP contribution in [0, 0.1) is 5.92 Å². The molecule has 21 heavy (non-hydrogen) atoms. The number of esters is 1. The average molecular weight is 291 g/mol. The number of carbonyl (C=O) groups excluding carboxylic acids is 2. The van der Waals surface area contributed by atoms with Gasteiger partial charge in [-0.2, -0.15) is 0 Å². The summed E-state index contributed by atoms with van der Waals surface area (Å²) in [6.45, 7) is 1.82. The molecule has 5 nitrogen and oxygen atoms in total. The summed E-state index contributed by atoms with van der Waals surface area (Å²) in [7, 11) is 0. The van der Waals surface area contributed by atoms with Gasteiger partial charge >= 0.3 is 5.97 Å². The molecule has 0 aromatic heterocycles. The van der Waals surface area contributed by atoms with Gasteiger partial charge in [0.2, 0.25) is 0 Å². The van der Waals surface area contributed by atoms with Crippen molar-refractivity contribution in [1.82, 2.24) is 0 Å². The first-order valence-electron chi connectivity index (χ1n) is 7.23. The summed E-state index contributed by atoms with van der Waals surface area (Å²) >= 11 is 0. The van der Waals surface area contributed by atoms with Gasteiger partial charge in [-0.3, -0.25) is 4.79 Å². The molecule has 0 spiro atoms. The number of hydrogen-bond donors (Lipinski definition) is 0. The number of carboxylic acid groups (broad SMARTS) is 1. The van der Waals surface area contributed by atoms with Crippen LogP contribution in [0.3, 0.4) is 0 Å². The third-order valence-electron chi connectivity index (χ3n) is 3.64. The van der Waals surface area contributed by atoms with Gasteiger partial charge in [0.15, 0.2) is 0 Å². The summed E-state index contributed by atoms with van der Waals surface area (Å²) in [5.41, 5.74) is -0.157. The number of benzene rings is 1. The van der Waals surface area contributed by atoms with Crippen LogP contribution in [0.5, 0.6) is 11.5 Å². The van der Waals surface area contributed by atoms with Gasteiger partial charge in [0.05, 0.1) is 12.6 Å². The van der Waals surface area contributed by atoms with Crippen LogP contribution >= 0.6 is 0 Å². The minimum Gasteiger partial charge on any atom is -0.545 e. The van der Waals surface area contributed by atoms with Crippen LogP contribution < -0.4 is 14.6 Å². The van der Waals surface area contributed by atoms with Crippen molar-refractivity contribution < 1.29 is 24.2 Å². The molecule has 0 amide bonds. The van der Waals surface area contributed by atoms with Gasteiger partial charge in [0.1, 0.15) is 11.5 Å². The molecule has 0 N–H and O–H groups in total. The van der Waals surface area contributed by atoms with E-state index < -0.39 is 11.9 Å². The van der Waals surface area contributed by atoms with Crippen LogP contribution in [-0.2, 0) is 4.79 Å². The zero-order chi connectivity index (χ0) is 15.2. The van der Waals surface area contributed by atoms with Crippen molar-refractivity contribution in [1.29, 1.82) is 0 Å². The summed E-state index contributed by atoms with van der Waals surface area (Å²) < 4.78 is 10.6. The Balaban J connectivity index is 2.05. The Hall–Kier alpha value is -2.04. The van der Waals surface area contributed by atoms with E-state index in [0.717, 1.165) is 12.8 Å². The van der Waals surface area contributed by atoms with E-state index >= 15 is 0 Å². The Kier molecular flexibility index (Phi) is 5.20. The zero-order valence-corrected chi connectivity index (χ0v) is 12.1. The van der Waals surface area contributed by atoms with Gasteiger partial charge in [-0.05, 0) is 30.9 Å². The third kappa shape index (κ3) is 4.48. The minimum absolute atomic E-state index is 0.0383. The van der Waals surface area contributed by atoms with E-state index in [-0.39, 0.29) is 11.3 Å². The number of rotatable bonds is 5. The highest BCUT2D eigenvalue weighted by molar-refractivity contribution is 5.90. The second-order valence-corrected chi connectivity index (χ2v) is 5.35. The van der Waals surface area contributed by atoms with E-state index in [1.165, 1.54) is 38.3 Å². The summed E-state index contributed by atoms with van der Waals surface area (Å²) in [6, 6.07) is 4.32. The second kappa shape index (κ2) is 7.11. The number of carbonyl (C=O) groups is 2. The fourth-order valence-electron chi connectivity index (χ4n) is 2.57. The SMILES string of the molecule is CC(=O)Oc1cc(OCC2CCCCC2)ccc1C(=O)[O-]. The molecule has 1 saturated carbocycles. The molecule has 0 radical (unpaired) electrons. The number of hydrogen-bond acceptors (Lipinski definition) is 5. The first-order chi connectivity index (χ1) is 10.1. The van der Waals surface area contributed by atoms with Crippen LogP contribution in [0.4, 0.5) is 0 Å². The largest absolute Gasteiger partial charge is 0.545 e. The Morgan fingerprint density at radius 2 is 1.95 bits per heavy atom. The molecule has 1 aromatic carbocycles. The fraction of sp³-hybridized carbons (Fsp3) is 0.500. The lowest BCUT2D eigenvalue weighted by Gasteiger charge is -2.22. The molecule has 0 saturated heterocycles.